The monoisotopic (exact) mass is 293 g/mol. The van der Waals surface area contributed by atoms with Gasteiger partial charge in [-0.25, -0.2) is 0 Å². The molecule has 2 aliphatic heterocycles. The highest BCUT2D eigenvalue weighted by molar-refractivity contribution is 5.89. The lowest BCUT2D eigenvalue weighted by molar-refractivity contribution is -0.114. The number of allylic oxidation sites excluding steroid dienone is 2. The summed E-state index contributed by atoms with van der Waals surface area (Å²) in [5.41, 5.74) is 0. The van der Waals surface area contributed by atoms with Crippen molar-refractivity contribution in [2.45, 2.75) is 89.4 Å². The van der Waals surface area contributed by atoms with Crippen LogP contribution in [0.1, 0.15) is 71.1 Å². The Bertz CT molecular complexity index is 340. The average Bonchev–Trinajstić information content (AvgIpc) is 3.17. The Hall–Kier alpha value is -0.670. The smallest absolute Gasteiger partial charge is 0.155 e. The van der Waals surface area contributed by atoms with Gasteiger partial charge in [0.15, 0.2) is 5.78 Å². The highest BCUT2D eigenvalue weighted by Gasteiger charge is 2.40. The Morgan fingerprint density at radius 2 is 2.19 bits per heavy atom. The minimum absolute atomic E-state index is 0.290. The van der Waals surface area contributed by atoms with E-state index in [1.54, 1.807) is 6.08 Å². The van der Waals surface area contributed by atoms with Crippen LogP contribution in [0.4, 0.5) is 0 Å². The topological polar surface area (TPSA) is 41.6 Å². The lowest BCUT2D eigenvalue weighted by Crippen LogP contribution is -2.33. The zero-order valence-electron chi connectivity index (χ0n) is 13.5. The molecule has 0 radical (unpaired) electrons. The Balaban J connectivity index is 1.54. The van der Waals surface area contributed by atoms with E-state index >= 15 is 0 Å². The number of nitrogens with one attached hydrogen (secondary N) is 1. The third kappa shape index (κ3) is 6.75. The second kappa shape index (κ2) is 9.37. The fraction of sp³-hybridized carbons (Fsp3) is 0.833. The van der Waals surface area contributed by atoms with Crippen LogP contribution in [0.5, 0.6) is 0 Å². The summed E-state index contributed by atoms with van der Waals surface area (Å²) in [4.78, 5) is 11.8. The molecule has 0 amide bonds. The lowest BCUT2D eigenvalue weighted by atomic mass is 9.99. The van der Waals surface area contributed by atoms with Gasteiger partial charge in [-0.3, -0.25) is 4.79 Å². The first-order valence-electron chi connectivity index (χ1n) is 8.88. The van der Waals surface area contributed by atoms with Gasteiger partial charge in [-0.15, -0.1) is 0 Å². The average molecular weight is 293 g/mol. The molecule has 1 N–H and O–H groups in total. The Kier molecular flexibility index (Phi) is 7.45. The first-order valence-corrected chi connectivity index (χ1v) is 8.88. The molecule has 2 fully saturated rings. The van der Waals surface area contributed by atoms with Crippen molar-refractivity contribution >= 4 is 5.78 Å². The zero-order valence-corrected chi connectivity index (χ0v) is 13.5. The summed E-state index contributed by atoms with van der Waals surface area (Å²) in [5, 5.41) is 3.61. The van der Waals surface area contributed by atoms with Crippen LogP contribution >= 0.6 is 0 Å². The van der Waals surface area contributed by atoms with Crippen LogP contribution in [-0.2, 0) is 9.53 Å². The zero-order chi connectivity index (χ0) is 14.9. The molecular weight excluding hydrogens is 262 g/mol. The predicted octanol–water partition coefficient (Wildman–Crippen LogP) is 3.77. The van der Waals surface area contributed by atoms with Gasteiger partial charge in [0.1, 0.15) is 0 Å². The Morgan fingerprint density at radius 1 is 1.29 bits per heavy atom. The highest BCUT2D eigenvalue weighted by atomic mass is 16.6. The van der Waals surface area contributed by atoms with E-state index in [-0.39, 0.29) is 5.78 Å². The fourth-order valence-electron chi connectivity index (χ4n) is 3.17. The number of rotatable bonds is 9. The van der Waals surface area contributed by atoms with E-state index in [1.165, 1.54) is 32.1 Å². The van der Waals surface area contributed by atoms with Gasteiger partial charge in [0.2, 0.25) is 0 Å². The number of hydrogen-bond acceptors (Lipinski definition) is 3. The molecular formula is C18H31NO2. The predicted molar refractivity (Wildman–Crippen MR) is 86.4 cm³/mol. The molecule has 3 atom stereocenters. The van der Waals surface area contributed by atoms with Crippen molar-refractivity contribution in [2.24, 2.45) is 0 Å². The summed E-state index contributed by atoms with van der Waals surface area (Å²) in [6.45, 7) is 3.30. The molecule has 0 aliphatic carbocycles. The summed E-state index contributed by atoms with van der Waals surface area (Å²) in [5.74, 6) is 0.290. The van der Waals surface area contributed by atoms with E-state index < -0.39 is 0 Å². The SMILES string of the molecule is CCCCC/C=C/C(=O)CCC[C@@H]1C[C@H]2O[C@@H]2CCCN1. The second-order valence-electron chi connectivity index (χ2n) is 6.50. The van der Waals surface area contributed by atoms with Gasteiger partial charge >= 0.3 is 0 Å². The molecule has 0 saturated carbocycles. The van der Waals surface area contributed by atoms with Crippen molar-refractivity contribution in [1.29, 1.82) is 0 Å². The van der Waals surface area contributed by atoms with Crippen molar-refractivity contribution in [2.75, 3.05) is 6.54 Å². The molecule has 0 bridgehead atoms. The Morgan fingerprint density at radius 3 is 3.05 bits per heavy atom. The minimum atomic E-state index is 0.290. The Labute approximate surface area is 129 Å². The molecule has 2 aliphatic rings. The number of ketones is 1. The van der Waals surface area contributed by atoms with Gasteiger partial charge in [0.25, 0.3) is 0 Å². The molecule has 3 nitrogen and oxygen atoms in total. The van der Waals surface area contributed by atoms with Crippen LogP contribution < -0.4 is 5.32 Å². The van der Waals surface area contributed by atoms with Crippen LogP contribution in [0.25, 0.3) is 0 Å². The number of unbranched alkanes of at least 4 members (excludes halogenated alkanes) is 3. The maximum absolute atomic E-state index is 11.8. The van der Waals surface area contributed by atoms with Crippen molar-refractivity contribution in [3.8, 4) is 0 Å². The summed E-state index contributed by atoms with van der Waals surface area (Å²) in [7, 11) is 0. The van der Waals surface area contributed by atoms with Crippen molar-refractivity contribution in [3.63, 3.8) is 0 Å². The van der Waals surface area contributed by atoms with E-state index in [4.69, 9.17) is 4.74 Å². The van der Waals surface area contributed by atoms with Gasteiger partial charge in [0, 0.05) is 12.5 Å². The number of hydrogen-bond donors (Lipinski definition) is 1. The quantitative estimate of drug-likeness (QED) is 0.400. The first kappa shape index (κ1) is 16.7. The van der Waals surface area contributed by atoms with E-state index in [2.05, 4.69) is 18.3 Å². The fourth-order valence-corrected chi connectivity index (χ4v) is 3.17. The number of epoxide rings is 1. The summed E-state index contributed by atoms with van der Waals surface area (Å²) >= 11 is 0. The summed E-state index contributed by atoms with van der Waals surface area (Å²) < 4.78 is 5.66. The normalized spacial score (nSPS) is 28.9. The number of carbonyl (C=O) groups is 1. The van der Waals surface area contributed by atoms with E-state index in [0.29, 0.717) is 24.7 Å². The molecule has 21 heavy (non-hydrogen) atoms. The van der Waals surface area contributed by atoms with Gasteiger partial charge in [-0.05, 0) is 57.6 Å². The standard InChI is InChI=1S/C18H31NO2/c1-2-3-4-5-6-10-16(20)11-7-9-15-14-18-17(21-18)12-8-13-19-15/h6,10,15,17-19H,2-5,7-9,11-14H2,1H3/b10-6+/t15-,17-,18-/m1/s1. The summed E-state index contributed by atoms with van der Waals surface area (Å²) in [6.07, 6.45) is 16.0. The van der Waals surface area contributed by atoms with Gasteiger partial charge < -0.3 is 10.1 Å². The molecule has 0 aromatic heterocycles. The molecule has 120 valence electrons. The largest absolute Gasteiger partial charge is 0.370 e. The van der Waals surface area contributed by atoms with Gasteiger partial charge in [-0.1, -0.05) is 25.8 Å². The third-order valence-corrected chi connectivity index (χ3v) is 4.56. The number of ether oxygens (including phenoxy) is 1. The molecule has 0 aromatic rings. The first-order chi connectivity index (χ1) is 10.3. The van der Waals surface area contributed by atoms with Crippen LogP contribution in [0.3, 0.4) is 0 Å². The third-order valence-electron chi connectivity index (χ3n) is 4.56. The van der Waals surface area contributed by atoms with Crippen LogP contribution in [0, 0.1) is 0 Å². The molecule has 0 unspecified atom stereocenters. The molecule has 2 rings (SSSR count). The van der Waals surface area contributed by atoms with Crippen molar-refractivity contribution in [1.82, 2.24) is 5.32 Å². The van der Waals surface area contributed by atoms with Crippen molar-refractivity contribution < 1.29 is 9.53 Å². The minimum Gasteiger partial charge on any atom is -0.370 e. The van der Waals surface area contributed by atoms with E-state index in [9.17, 15) is 4.79 Å². The second-order valence-corrected chi connectivity index (χ2v) is 6.50. The van der Waals surface area contributed by atoms with Crippen LogP contribution in [-0.4, -0.2) is 30.6 Å². The van der Waals surface area contributed by atoms with Gasteiger partial charge in [0.05, 0.1) is 12.2 Å². The lowest BCUT2D eigenvalue weighted by Gasteiger charge is -2.19. The molecule has 2 heterocycles. The van der Waals surface area contributed by atoms with Gasteiger partial charge in [-0.2, -0.15) is 0 Å². The molecule has 2 saturated heterocycles. The number of fused-ring (bicyclic) bond motifs is 1. The number of carbonyl (C=O) groups excluding carboxylic acids is 1. The van der Waals surface area contributed by atoms with Crippen molar-refractivity contribution in [3.05, 3.63) is 12.2 Å². The molecule has 0 aromatic carbocycles. The maximum atomic E-state index is 11.8. The summed E-state index contributed by atoms with van der Waals surface area (Å²) in [6, 6.07) is 0.543. The van der Waals surface area contributed by atoms with E-state index in [1.807, 2.05) is 0 Å². The van der Waals surface area contributed by atoms with E-state index in [0.717, 1.165) is 32.2 Å². The molecule has 0 spiro atoms. The highest BCUT2D eigenvalue weighted by Crippen LogP contribution is 2.32. The molecule has 3 heteroatoms. The maximum Gasteiger partial charge on any atom is 0.155 e. The van der Waals surface area contributed by atoms with Crippen LogP contribution in [0.15, 0.2) is 12.2 Å². The van der Waals surface area contributed by atoms with Crippen LogP contribution in [0.2, 0.25) is 0 Å².